The lowest BCUT2D eigenvalue weighted by Crippen LogP contribution is -2.40. The zero-order valence-corrected chi connectivity index (χ0v) is 24.2. The molecule has 0 aromatic heterocycles. The largest absolute Gasteiger partial charge is 0.497 e. The summed E-state index contributed by atoms with van der Waals surface area (Å²) in [6.45, 7) is 0.889. The van der Waals surface area contributed by atoms with Gasteiger partial charge in [0.05, 0.1) is 23.9 Å². The van der Waals surface area contributed by atoms with Gasteiger partial charge in [-0.15, -0.1) is 0 Å². The fourth-order valence-electron chi connectivity index (χ4n) is 3.81. The molecule has 0 saturated heterocycles. The number of nitrogens with zero attached hydrogens (tertiary/aromatic N) is 2. The van der Waals surface area contributed by atoms with E-state index >= 15 is 0 Å². The molecule has 4 rings (SSSR count). The van der Waals surface area contributed by atoms with Crippen molar-refractivity contribution in [1.82, 2.24) is 5.43 Å². The molecular weight excluding hydrogens is 575 g/mol. The maximum atomic E-state index is 14.6. The van der Waals surface area contributed by atoms with Crippen LogP contribution >= 0.6 is 0 Å². The SMILES string of the molecule is COc1ccc(NC(=O)COc2ccc(/C=N\NC(=O)CN(c3ccccc3F)S(=O)(=O)c3ccc(C)cc3)cc2)cc1. The van der Waals surface area contributed by atoms with Crippen molar-refractivity contribution in [3.8, 4) is 11.5 Å². The Balaban J connectivity index is 1.34. The average Bonchev–Trinajstić information content (AvgIpc) is 3.00. The molecule has 0 radical (unpaired) electrons. The van der Waals surface area contributed by atoms with Gasteiger partial charge in [0.1, 0.15) is 23.9 Å². The lowest BCUT2D eigenvalue weighted by molar-refractivity contribution is -0.119. The Morgan fingerprint density at radius 3 is 2.19 bits per heavy atom. The topological polar surface area (TPSA) is 126 Å². The van der Waals surface area contributed by atoms with Crippen molar-refractivity contribution >= 4 is 39.4 Å². The van der Waals surface area contributed by atoms with E-state index in [-0.39, 0.29) is 23.1 Å². The van der Waals surface area contributed by atoms with Gasteiger partial charge in [-0.1, -0.05) is 29.8 Å². The molecule has 0 heterocycles. The minimum absolute atomic E-state index is 0.0850. The Morgan fingerprint density at radius 2 is 1.53 bits per heavy atom. The van der Waals surface area contributed by atoms with Gasteiger partial charge in [0, 0.05) is 5.69 Å². The molecule has 0 unspecified atom stereocenters. The van der Waals surface area contributed by atoms with Gasteiger partial charge in [-0.25, -0.2) is 18.2 Å². The molecule has 0 aliphatic carbocycles. The number of halogens is 1. The number of ether oxygens (including phenoxy) is 2. The summed E-state index contributed by atoms with van der Waals surface area (Å²) in [7, 11) is -2.71. The predicted octanol–water partition coefficient (Wildman–Crippen LogP) is 4.51. The van der Waals surface area contributed by atoms with Gasteiger partial charge in [-0.05, 0) is 85.3 Å². The Kier molecular flexibility index (Phi) is 10.1. The van der Waals surface area contributed by atoms with Crippen LogP contribution in [0.1, 0.15) is 11.1 Å². The normalized spacial score (nSPS) is 11.1. The van der Waals surface area contributed by atoms with Crippen molar-refractivity contribution in [2.24, 2.45) is 5.10 Å². The third kappa shape index (κ3) is 8.39. The highest BCUT2D eigenvalue weighted by Crippen LogP contribution is 2.26. The molecule has 4 aromatic rings. The lowest BCUT2D eigenvalue weighted by atomic mass is 10.2. The third-order valence-electron chi connectivity index (χ3n) is 6.04. The maximum Gasteiger partial charge on any atom is 0.264 e. The highest BCUT2D eigenvalue weighted by Gasteiger charge is 2.29. The van der Waals surface area contributed by atoms with Crippen LogP contribution in [0.2, 0.25) is 0 Å². The molecule has 0 aliphatic rings. The van der Waals surface area contributed by atoms with Crippen LogP contribution in [0.15, 0.2) is 107 Å². The first kappa shape index (κ1) is 30.7. The van der Waals surface area contributed by atoms with E-state index in [9.17, 15) is 22.4 Å². The summed E-state index contributed by atoms with van der Waals surface area (Å²) in [6, 6.07) is 24.8. The summed E-state index contributed by atoms with van der Waals surface area (Å²) in [5, 5.41) is 6.60. The van der Waals surface area contributed by atoms with Crippen LogP contribution < -0.4 is 24.5 Å². The maximum absolute atomic E-state index is 14.6. The van der Waals surface area contributed by atoms with Crippen LogP contribution in [0.5, 0.6) is 11.5 Å². The molecule has 0 bridgehead atoms. The van der Waals surface area contributed by atoms with Gasteiger partial charge in [0.2, 0.25) is 0 Å². The number of hydrogen-bond acceptors (Lipinski definition) is 7. The summed E-state index contributed by atoms with van der Waals surface area (Å²) in [4.78, 5) is 24.8. The Labute approximate surface area is 248 Å². The van der Waals surface area contributed by atoms with E-state index in [1.807, 2.05) is 0 Å². The van der Waals surface area contributed by atoms with E-state index in [2.05, 4.69) is 15.8 Å². The number of methoxy groups -OCH3 is 1. The van der Waals surface area contributed by atoms with Crippen LogP contribution in [0.3, 0.4) is 0 Å². The number of hydrazone groups is 1. The quantitative estimate of drug-likeness (QED) is 0.181. The summed E-state index contributed by atoms with van der Waals surface area (Å²) < 4.78 is 52.7. The molecule has 10 nitrogen and oxygen atoms in total. The molecule has 0 fully saturated rings. The Hall–Kier alpha value is -5.23. The molecule has 2 amide bonds. The van der Waals surface area contributed by atoms with Gasteiger partial charge in [0.15, 0.2) is 6.61 Å². The van der Waals surface area contributed by atoms with Crippen molar-refractivity contribution in [2.45, 2.75) is 11.8 Å². The number of amides is 2. The summed E-state index contributed by atoms with van der Waals surface area (Å²) in [5.74, 6) is -0.804. The van der Waals surface area contributed by atoms with Crippen LogP contribution in [0.4, 0.5) is 15.8 Å². The minimum Gasteiger partial charge on any atom is -0.497 e. The number of hydrogen-bond donors (Lipinski definition) is 2. The molecule has 0 saturated carbocycles. The van der Waals surface area contributed by atoms with Crippen molar-refractivity contribution in [3.05, 3.63) is 114 Å². The predicted molar refractivity (Wildman–Crippen MR) is 161 cm³/mol. The first-order chi connectivity index (χ1) is 20.7. The van der Waals surface area contributed by atoms with Crippen molar-refractivity contribution in [2.75, 3.05) is 29.9 Å². The number of anilines is 2. The second-order valence-corrected chi connectivity index (χ2v) is 11.1. The fourth-order valence-corrected chi connectivity index (χ4v) is 5.23. The number of sulfonamides is 1. The highest BCUT2D eigenvalue weighted by atomic mass is 32.2. The van der Waals surface area contributed by atoms with Crippen LogP contribution in [0, 0.1) is 12.7 Å². The third-order valence-corrected chi connectivity index (χ3v) is 7.82. The molecule has 2 N–H and O–H groups in total. The number of aryl methyl sites for hydroxylation is 1. The van der Waals surface area contributed by atoms with Gasteiger partial charge < -0.3 is 14.8 Å². The van der Waals surface area contributed by atoms with Crippen molar-refractivity contribution < 1.29 is 31.9 Å². The monoisotopic (exact) mass is 604 g/mol. The number of para-hydroxylation sites is 1. The molecular formula is C31H29FN4O6S. The molecule has 0 atom stereocenters. The molecule has 12 heteroatoms. The smallest absolute Gasteiger partial charge is 0.264 e. The minimum atomic E-state index is -4.27. The molecule has 43 heavy (non-hydrogen) atoms. The first-order valence-corrected chi connectivity index (χ1v) is 14.4. The Bertz CT molecular complexity index is 1690. The highest BCUT2D eigenvalue weighted by molar-refractivity contribution is 7.92. The zero-order chi connectivity index (χ0) is 30.8. The number of benzene rings is 4. The zero-order valence-electron chi connectivity index (χ0n) is 23.4. The summed E-state index contributed by atoms with van der Waals surface area (Å²) >= 11 is 0. The number of nitrogens with one attached hydrogen (secondary N) is 2. The van der Waals surface area contributed by atoms with Crippen LogP contribution in [-0.2, 0) is 19.6 Å². The van der Waals surface area contributed by atoms with Crippen LogP contribution in [0.25, 0.3) is 0 Å². The van der Waals surface area contributed by atoms with E-state index in [0.29, 0.717) is 27.1 Å². The van der Waals surface area contributed by atoms with Crippen molar-refractivity contribution in [3.63, 3.8) is 0 Å². The number of carbonyl (C=O) groups excluding carboxylic acids is 2. The average molecular weight is 605 g/mol. The van der Waals surface area contributed by atoms with E-state index in [4.69, 9.17) is 9.47 Å². The lowest BCUT2D eigenvalue weighted by Gasteiger charge is -2.24. The summed E-state index contributed by atoms with van der Waals surface area (Å²) in [5.41, 5.74) is 4.05. The summed E-state index contributed by atoms with van der Waals surface area (Å²) in [6.07, 6.45) is 1.35. The Morgan fingerprint density at radius 1 is 0.884 bits per heavy atom. The molecule has 4 aromatic carbocycles. The van der Waals surface area contributed by atoms with E-state index in [1.54, 1.807) is 74.7 Å². The van der Waals surface area contributed by atoms with E-state index < -0.39 is 28.3 Å². The van der Waals surface area contributed by atoms with Gasteiger partial charge >= 0.3 is 0 Å². The second-order valence-electron chi connectivity index (χ2n) is 9.20. The fraction of sp³-hybridized carbons (Fsp3) is 0.129. The molecule has 0 spiro atoms. The van der Waals surface area contributed by atoms with Crippen molar-refractivity contribution in [1.29, 1.82) is 0 Å². The second kappa shape index (κ2) is 14.1. The number of carbonyl (C=O) groups is 2. The van der Waals surface area contributed by atoms with E-state index in [0.717, 1.165) is 11.6 Å². The standard InChI is InChI=1S/C31H29FN4O6S/c1-22-7-17-27(18-8-22)43(39,40)36(29-6-4-3-5-28(29)32)20-30(37)35-33-19-23-9-13-26(14-10-23)42-21-31(38)34-24-11-15-25(41-2)16-12-24/h3-19H,20-21H2,1-2H3,(H,34,38)(H,35,37)/b33-19-. The van der Waals surface area contributed by atoms with Gasteiger partial charge in [-0.2, -0.15) is 5.10 Å². The van der Waals surface area contributed by atoms with E-state index in [1.165, 1.54) is 36.5 Å². The van der Waals surface area contributed by atoms with Gasteiger partial charge in [0.25, 0.3) is 21.8 Å². The van der Waals surface area contributed by atoms with Crippen LogP contribution in [-0.4, -0.2) is 46.7 Å². The molecule has 0 aliphatic heterocycles. The number of rotatable bonds is 12. The molecule has 222 valence electrons. The first-order valence-electron chi connectivity index (χ1n) is 13.0. The van der Waals surface area contributed by atoms with Gasteiger partial charge in [-0.3, -0.25) is 13.9 Å².